The van der Waals surface area contributed by atoms with Crippen LogP contribution in [0, 0.1) is 0 Å². The van der Waals surface area contributed by atoms with E-state index in [1.807, 2.05) is 13.0 Å². The van der Waals surface area contributed by atoms with E-state index < -0.39 is 5.97 Å². The Hall–Kier alpha value is -1.09. The molecular formula is C10H9BrO2. The minimum Gasteiger partial charge on any atom is -0.478 e. The molecule has 0 saturated heterocycles. The van der Waals surface area contributed by atoms with Crippen LogP contribution in [0.2, 0.25) is 0 Å². The number of hydrogen-bond donors (Lipinski definition) is 1. The number of allylic oxidation sites excluding steroid dienone is 1. The summed E-state index contributed by atoms with van der Waals surface area (Å²) in [4.78, 5) is 10.7. The van der Waals surface area contributed by atoms with E-state index in [4.69, 9.17) is 5.11 Å². The van der Waals surface area contributed by atoms with Crippen LogP contribution in [0.4, 0.5) is 0 Å². The molecule has 2 nitrogen and oxygen atoms in total. The highest BCUT2D eigenvalue weighted by Crippen LogP contribution is 2.20. The van der Waals surface area contributed by atoms with Gasteiger partial charge in [-0.3, -0.25) is 0 Å². The summed E-state index contributed by atoms with van der Waals surface area (Å²) in [6.07, 6.45) is 0. The Balaban J connectivity index is 3.26. The normalized spacial score (nSPS) is 9.69. The number of carbonyl (C=O) groups is 1. The molecule has 0 aliphatic rings. The van der Waals surface area contributed by atoms with Crippen LogP contribution in [-0.4, -0.2) is 11.1 Å². The molecule has 0 aliphatic heterocycles. The lowest BCUT2D eigenvalue weighted by molar-refractivity contribution is 0.0697. The molecule has 0 radical (unpaired) electrons. The van der Waals surface area contributed by atoms with Gasteiger partial charge in [0.1, 0.15) is 0 Å². The molecule has 0 unspecified atom stereocenters. The second kappa shape index (κ2) is 3.75. The lowest BCUT2D eigenvalue weighted by atomic mass is 10.1. The monoisotopic (exact) mass is 240 g/mol. The van der Waals surface area contributed by atoms with Crippen LogP contribution in [0.3, 0.4) is 0 Å². The molecule has 0 amide bonds. The van der Waals surface area contributed by atoms with Crippen molar-refractivity contribution in [3.63, 3.8) is 0 Å². The maximum Gasteiger partial charge on any atom is 0.335 e. The largest absolute Gasteiger partial charge is 0.478 e. The molecule has 0 fully saturated rings. The van der Waals surface area contributed by atoms with Gasteiger partial charge in [0.25, 0.3) is 0 Å². The van der Waals surface area contributed by atoms with Crippen LogP contribution in [0.15, 0.2) is 29.3 Å². The van der Waals surface area contributed by atoms with E-state index in [1.165, 1.54) is 0 Å². The number of aromatic carboxylic acids is 1. The number of hydrogen-bond acceptors (Lipinski definition) is 1. The number of halogens is 1. The quantitative estimate of drug-likeness (QED) is 0.863. The topological polar surface area (TPSA) is 37.3 Å². The van der Waals surface area contributed by atoms with E-state index in [2.05, 4.69) is 22.5 Å². The third kappa shape index (κ3) is 2.42. The molecule has 0 atom stereocenters. The molecule has 0 aliphatic carbocycles. The summed E-state index contributed by atoms with van der Waals surface area (Å²) in [5.41, 5.74) is 1.96. The van der Waals surface area contributed by atoms with Crippen molar-refractivity contribution in [2.75, 3.05) is 0 Å². The summed E-state index contributed by atoms with van der Waals surface area (Å²) in [6.45, 7) is 5.59. The van der Waals surface area contributed by atoms with E-state index in [-0.39, 0.29) is 5.56 Å². The van der Waals surface area contributed by atoms with Gasteiger partial charge in [-0.25, -0.2) is 4.79 Å². The van der Waals surface area contributed by atoms with Crippen LogP contribution in [-0.2, 0) is 0 Å². The first-order valence-electron chi connectivity index (χ1n) is 3.70. The van der Waals surface area contributed by atoms with Crippen molar-refractivity contribution in [3.05, 3.63) is 40.4 Å². The fraction of sp³-hybridized carbons (Fsp3) is 0.100. The molecule has 0 heterocycles. The number of carboxylic acid groups (broad SMARTS) is 1. The summed E-state index contributed by atoms with van der Waals surface area (Å²) in [5, 5.41) is 8.76. The molecule has 68 valence electrons. The average molecular weight is 241 g/mol. The standard InChI is InChI=1S/C10H9BrO2/c1-6(2)7-3-8(10(12)13)5-9(11)4-7/h3-5H,1H2,2H3,(H,12,13). The predicted octanol–water partition coefficient (Wildman–Crippen LogP) is 3.18. The van der Waals surface area contributed by atoms with Gasteiger partial charge in [-0.05, 0) is 30.7 Å². The Labute approximate surface area is 85.0 Å². The van der Waals surface area contributed by atoms with Crippen LogP contribution in [0.1, 0.15) is 22.8 Å². The van der Waals surface area contributed by atoms with Crippen molar-refractivity contribution in [1.82, 2.24) is 0 Å². The van der Waals surface area contributed by atoms with E-state index in [9.17, 15) is 4.79 Å². The minimum atomic E-state index is -0.927. The summed E-state index contributed by atoms with van der Waals surface area (Å²) >= 11 is 3.25. The third-order valence-electron chi connectivity index (χ3n) is 1.64. The van der Waals surface area contributed by atoms with Crippen LogP contribution < -0.4 is 0 Å². The smallest absolute Gasteiger partial charge is 0.335 e. The first-order chi connectivity index (χ1) is 6.00. The van der Waals surface area contributed by atoms with Crippen molar-refractivity contribution in [2.45, 2.75) is 6.92 Å². The summed E-state index contributed by atoms with van der Waals surface area (Å²) in [6, 6.07) is 5.01. The van der Waals surface area contributed by atoms with Gasteiger partial charge in [-0.15, -0.1) is 0 Å². The Morgan fingerprint density at radius 1 is 1.38 bits per heavy atom. The van der Waals surface area contributed by atoms with Gasteiger partial charge in [0.05, 0.1) is 5.56 Å². The Bertz CT molecular complexity index is 337. The molecule has 3 heteroatoms. The van der Waals surface area contributed by atoms with Crippen LogP contribution in [0.25, 0.3) is 5.57 Å². The SMILES string of the molecule is C=C(C)c1cc(Br)cc(C(=O)O)c1. The summed E-state index contributed by atoms with van der Waals surface area (Å²) in [7, 11) is 0. The predicted molar refractivity (Wildman–Crippen MR) is 55.8 cm³/mol. The van der Waals surface area contributed by atoms with Gasteiger partial charge in [-0.1, -0.05) is 28.1 Å². The highest BCUT2D eigenvalue weighted by atomic mass is 79.9. The van der Waals surface area contributed by atoms with Gasteiger partial charge in [0, 0.05) is 4.47 Å². The molecular weight excluding hydrogens is 232 g/mol. The lowest BCUT2D eigenvalue weighted by Gasteiger charge is -2.02. The van der Waals surface area contributed by atoms with Crippen molar-refractivity contribution >= 4 is 27.5 Å². The summed E-state index contributed by atoms with van der Waals surface area (Å²) < 4.78 is 0.755. The number of carboxylic acids is 1. The zero-order valence-corrected chi connectivity index (χ0v) is 8.76. The second-order valence-corrected chi connectivity index (χ2v) is 3.73. The lowest BCUT2D eigenvalue weighted by Crippen LogP contribution is -1.96. The first-order valence-corrected chi connectivity index (χ1v) is 4.50. The van der Waals surface area contributed by atoms with E-state index in [1.54, 1.807) is 12.1 Å². The molecule has 1 aromatic rings. The molecule has 0 spiro atoms. The first kappa shape index (κ1) is 9.99. The molecule has 13 heavy (non-hydrogen) atoms. The Morgan fingerprint density at radius 3 is 2.38 bits per heavy atom. The fourth-order valence-corrected chi connectivity index (χ4v) is 1.45. The van der Waals surface area contributed by atoms with Gasteiger partial charge in [-0.2, -0.15) is 0 Å². The maximum atomic E-state index is 10.7. The van der Waals surface area contributed by atoms with Crippen molar-refractivity contribution in [1.29, 1.82) is 0 Å². The van der Waals surface area contributed by atoms with Crippen LogP contribution in [0.5, 0.6) is 0 Å². The van der Waals surface area contributed by atoms with Crippen molar-refractivity contribution in [2.24, 2.45) is 0 Å². The highest BCUT2D eigenvalue weighted by Gasteiger charge is 2.05. The van der Waals surface area contributed by atoms with Gasteiger partial charge >= 0.3 is 5.97 Å². The average Bonchev–Trinajstić information content (AvgIpc) is 2.03. The van der Waals surface area contributed by atoms with E-state index >= 15 is 0 Å². The molecule has 1 aromatic carbocycles. The molecule has 1 rings (SSSR count). The van der Waals surface area contributed by atoms with Gasteiger partial charge < -0.3 is 5.11 Å². The maximum absolute atomic E-state index is 10.7. The number of rotatable bonds is 2. The van der Waals surface area contributed by atoms with E-state index in [0.717, 1.165) is 15.6 Å². The Morgan fingerprint density at radius 2 is 1.92 bits per heavy atom. The summed E-state index contributed by atoms with van der Waals surface area (Å²) in [5.74, 6) is -0.927. The van der Waals surface area contributed by atoms with E-state index in [0.29, 0.717) is 0 Å². The molecule has 0 bridgehead atoms. The molecule has 0 aromatic heterocycles. The second-order valence-electron chi connectivity index (χ2n) is 2.81. The third-order valence-corrected chi connectivity index (χ3v) is 2.10. The fourth-order valence-electron chi connectivity index (χ4n) is 0.960. The number of benzene rings is 1. The highest BCUT2D eigenvalue weighted by molar-refractivity contribution is 9.10. The molecule has 1 N–H and O–H groups in total. The van der Waals surface area contributed by atoms with Crippen molar-refractivity contribution < 1.29 is 9.90 Å². The zero-order chi connectivity index (χ0) is 10.0. The van der Waals surface area contributed by atoms with Crippen molar-refractivity contribution in [3.8, 4) is 0 Å². The van der Waals surface area contributed by atoms with Crippen LogP contribution >= 0.6 is 15.9 Å². The zero-order valence-electron chi connectivity index (χ0n) is 7.17. The molecule has 0 saturated carbocycles. The van der Waals surface area contributed by atoms with Gasteiger partial charge in [0.2, 0.25) is 0 Å². The Kier molecular flexibility index (Phi) is 2.88. The minimum absolute atomic E-state index is 0.271. The van der Waals surface area contributed by atoms with Gasteiger partial charge in [0.15, 0.2) is 0 Å².